The molecular weight excluding hydrogens is 360 g/mol. The Bertz CT molecular complexity index is 1070. The zero-order chi connectivity index (χ0) is 19.0. The first-order chi connectivity index (χ1) is 12.9. The summed E-state index contributed by atoms with van der Waals surface area (Å²) in [4.78, 5) is 13.4. The molecule has 3 aromatic heterocycles. The van der Waals surface area contributed by atoms with Crippen LogP contribution in [0.15, 0.2) is 52.4 Å². The van der Waals surface area contributed by atoms with Crippen molar-refractivity contribution in [1.82, 2.24) is 29.9 Å². The van der Waals surface area contributed by atoms with E-state index in [0.29, 0.717) is 11.7 Å². The first-order valence-corrected chi connectivity index (χ1v) is 9.56. The Morgan fingerprint density at radius 2 is 1.89 bits per heavy atom. The first-order valence-electron chi connectivity index (χ1n) is 8.68. The third-order valence-corrected chi connectivity index (χ3v) is 5.18. The molecule has 3 heterocycles. The van der Waals surface area contributed by atoms with Crippen molar-refractivity contribution in [3.63, 3.8) is 0 Å². The van der Waals surface area contributed by atoms with Crippen molar-refractivity contribution in [3.8, 4) is 5.69 Å². The quantitative estimate of drug-likeness (QED) is 0.384. The monoisotopic (exact) mass is 380 g/mol. The molecule has 0 spiro atoms. The molecule has 0 saturated carbocycles. The average molecular weight is 380 g/mol. The molecule has 4 rings (SSSR count). The topological polar surface area (TPSA) is 82.5 Å². The summed E-state index contributed by atoms with van der Waals surface area (Å²) in [6.45, 7) is 8.21. The van der Waals surface area contributed by atoms with E-state index < -0.39 is 0 Å². The van der Waals surface area contributed by atoms with Gasteiger partial charge in [0.25, 0.3) is 0 Å². The Morgan fingerprint density at radius 1 is 1.11 bits per heavy atom. The van der Waals surface area contributed by atoms with Gasteiger partial charge in [-0.2, -0.15) is 10.1 Å². The van der Waals surface area contributed by atoms with Gasteiger partial charge in [0.15, 0.2) is 11.5 Å². The minimum absolute atomic E-state index is 0.0354. The molecule has 138 valence electrons. The normalized spacial score (nSPS) is 13.2. The predicted molar refractivity (Wildman–Crippen MR) is 104 cm³/mol. The average Bonchev–Trinajstić information content (AvgIpc) is 3.30. The zero-order valence-electron chi connectivity index (χ0n) is 15.6. The van der Waals surface area contributed by atoms with Gasteiger partial charge in [0.05, 0.1) is 22.5 Å². The van der Waals surface area contributed by atoms with Crippen LogP contribution >= 0.6 is 11.8 Å². The highest BCUT2D eigenvalue weighted by molar-refractivity contribution is 7.99. The number of fused-ring (bicyclic) bond motifs is 1. The molecule has 0 bridgehead atoms. The molecule has 0 N–H and O–H groups in total. The highest BCUT2D eigenvalue weighted by atomic mass is 32.2. The van der Waals surface area contributed by atoms with Crippen molar-refractivity contribution in [2.24, 2.45) is 0 Å². The molecule has 0 amide bonds. The number of hydrogen-bond donors (Lipinski definition) is 0. The van der Waals surface area contributed by atoms with Gasteiger partial charge in [0.2, 0.25) is 5.89 Å². The number of rotatable bonds is 4. The summed E-state index contributed by atoms with van der Waals surface area (Å²) < 4.78 is 7.28. The van der Waals surface area contributed by atoms with Crippen LogP contribution in [-0.4, -0.2) is 29.9 Å². The molecule has 8 heteroatoms. The minimum Gasteiger partial charge on any atom is -0.338 e. The second kappa shape index (κ2) is 6.77. The number of nitrogens with zero attached hydrogens (tertiary/aromatic N) is 6. The molecule has 0 radical (unpaired) electrons. The van der Waals surface area contributed by atoms with Gasteiger partial charge in [-0.3, -0.25) is 0 Å². The lowest BCUT2D eigenvalue weighted by molar-refractivity contribution is 0.364. The summed E-state index contributed by atoms with van der Waals surface area (Å²) in [5.74, 6) is 1.29. The Labute approximate surface area is 161 Å². The van der Waals surface area contributed by atoms with Crippen LogP contribution in [0, 0.1) is 0 Å². The molecule has 0 aliphatic carbocycles. The van der Waals surface area contributed by atoms with Crippen LogP contribution in [0.2, 0.25) is 0 Å². The fourth-order valence-corrected chi connectivity index (χ4v) is 3.51. The molecule has 1 atom stereocenters. The number of hydrogen-bond acceptors (Lipinski definition) is 7. The Kier molecular flexibility index (Phi) is 4.43. The maximum absolute atomic E-state index is 5.47. The molecule has 0 aliphatic rings. The Hall–Kier alpha value is -2.74. The second-order valence-corrected chi connectivity index (χ2v) is 8.60. The van der Waals surface area contributed by atoms with Crippen molar-refractivity contribution < 1.29 is 4.52 Å². The van der Waals surface area contributed by atoms with Crippen LogP contribution in [0.5, 0.6) is 0 Å². The smallest absolute Gasteiger partial charge is 0.239 e. The van der Waals surface area contributed by atoms with E-state index >= 15 is 0 Å². The highest BCUT2D eigenvalue weighted by Gasteiger charge is 2.24. The van der Waals surface area contributed by atoms with Gasteiger partial charge < -0.3 is 4.52 Å². The van der Waals surface area contributed by atoms with Gasteiger partial charge in [0, 0.05) is 5.41 Å². The Morgan fingerprint density at radius 3 is 2.59 bits per heavy atom. The van der Waals surface area contributed by atoms with Crippen molar-refractivity contribution >= 4 is 22.8 Å². The molecular formula is C19H20N6OS. The summed E-state index contributed by atoms with van der Waals surface area (Å²) in [5, 5.41) is 10.3. The fourth-order valence-electron chi connectivity index (χ4n) is 2.60. The van der Waals surface area contributed by atoms with Crippen LogP contribution in [0.25, 0.3) is 16.7 Å². The summed E-state index contributed by atoms with van der Waals surface area (Å²) in [6, 6.07) is 9.92. The van der Waals surface area contributed by atoms with Crippen LogP contribution in [-0.2, 0) is 5.41 Å². The van der Waals surface area contributed by atoms with Crippen molar-refractivity contribution in [2.45, 2.75) is 43.4 Å². The number of para-hydroxylation sites is 1. The van der Waals surface area contributed by atoms with E-state index in [4.69, 9.17) is 4.52 Å². The maximum atomic E-state index is 5.47. The molecule has 1 aromatic carbocycles. The fraction of sp³-hybridized carbons (Fsp3) is 0.316. The van der Waals surface area contributed by atoms with Gasteiger partial charge in [-0.15, -0.1) is 0 Å². The Balaban J connectivity index is 1.65. The maximum Gasteiger partial charge on any atom is 0.239 e. The third kappa shape index (κ3) is 3.44. The van der Waals surface area contributed by atoms with Gasteiger partial charge in [0.1, 0.15) is 11.4 Å². The van der Waals surface area contributed by atoms with Crippen LogP contribution in [0.1, 0.15) is 44.7 Å². The van der Waals surface area contributed by atoms with Crippen LogP contribution in [0.4, 0.5) is 0 Å². The number of aromatic nitrogens is 6. The molecule has 27 heavy (non-hydrogen) atoms. The predicted octanol–water partition coefficient (Wildman–Crippen LogP) is 4.35. The van der Waals surface area contributed by atoms with Gasteiger partial charge in [-0.05, 0) is 19.1 Å². The molecule has 0 fully saturated rings. The number of benzene rings is 1. The molecule has 0 aliphatic heterocycles. The number of thioether (sulfide) groups is 1. The highest BCUT2D eigenvalue weighted by Crippen LogP contribution is 2.36. The summed E-state index contributed by atoms with van der Waals surface area (Å²) in [6.07, 6.45) is 3.36. The van der Waals surface area contributed by atoms with Gasteiger partial charge >= 0.3 is 0 Å². The van der Waals surface area contributed by atoms with Crippen molar-refractivity contribution in [3.05, 3.63) is 54.6 Å². The summed E-state index contributed by atoms with van der Waals surface area (Å²) >= 11 is 1.56. The van der Waals surface area contributed by atoms with Gasteiger partial charge in [-0.25, -0.2) is 14.6 Å². The van der Waals surface area contributed by atoms with E-state index in [9.17, 15) is 0 Å². The molecule has 7 nitrogen and oxygen atoms in total. The summed E-state index contributed by atoms with van der Waals surface area (Å²) in [5.41, 5.74) is 1.58. The van der Waals surface area contributed by atoms with Crippen LogP contribution in [0.3, 0.4) is 0 Å². The van der Waals surface area contributed by atoms with E-state index in [1.807, 2.05) is 41.9 Å². The molecule has 0 saturated heterocycles. The minimum atomic E-state index is -0.148. The largest absolute Gasteiger partial charge is 0.338 e. The summed E-state index contributed by atoms with van der Waals surface area (Å²) in [7, 11) is 0. The zero-order valence-corrected chi connectivity index (χ0v) is 16.4. The SMILES string of the molecule is CC(Sc1ncnc2c1cnn2-c1ccccc1)c1nc(C(C)(C)C)no1. The lowest BCUT2D eigenvalue weighted by Gasteiger charge is -2.11. The van der Waals surface area contributed by atoms with E-state index in [1.54, 1.807) is 24.3 Å². The van der Waals surface area contributed by atoms with E-state index in [2.05, 4.69) is 46.0 Å². The molecule has 4 aromatic rings. The van der Waals surface area contributed by atoms with Crippen LogP contribution < -0.4 is 0 Å². The van der Waals surface area contributed by atoms with E-state index in [-0.39, 0.29) is 10.7 Å². The lowest BCUT2D eigenvalue weighted by Crippen LogP contribution is -2.13. The molecule has 1 unspecified atom stereocenters. The van der Waals surface area contributed by atoms with Gasteiger partial charge in [-0.1, -0.05) is 55.9 Å². The lowest BCUT2D eigenvalue weighted by atomic mass is 9.96. The van der Waals surface area contributed by atoms with Crippen molar-refractivity contribution in [1.29, 1.82) is 0 Å². The van der Waals surface area contributed by atoms with Crippen molar-refractivity contribution in [2.75, 3.05) is 0 Å². The third-order valence-electron chi connectivity index (χ3n) is 4.08. The standard InChI is InChI=1S/C19H20N6OS/c1-12(16-23-18(24-26-16)19(2,3)4)27-17-14-10-22-25(15(14)20-11-21-17)13-8-6-5-7-9-13/h5-12H,1-4H3. The van der Waals surface area contributed by atoms with E-state index in [1.165, 1.54) is 0 Å². The van der Waals surface area contributed by atoms with E-state index in [0.717, 1.165) is 21.7 Å². The first kappa shape index (κ1) is 17.7. The second-order valence-electron chi connectivity index (χ2n) is 7.27.